The van der Waals surface area contributed by atoms with E-state index in [0.717, 1.165) is 18.9 Å². The Bertz CT molecular complexity index is 437. The standard InChI is InChI=1S/C13H19ClN2O2/c1-9-6-16(8-13(2,3)18-9)12-5-4-10(14)11(7-17)15-12/h4-5,9,17H,6-8H2,1-3H3. The summed E-state index contributed by atoms with van der Waals surface area (Å²) in [7, 11) is 0. The Labute approximate surface area is 113 Å². The van der Waals surface area contributed by atoms with Gasteiger partial charge in [-0.3, -0.25) is 0 Å². The molecule has 1 fully saturated rings. The molecule has 1 aromatic rings. The highest BCUT2D eigenvalue weighted by atomic mass is 35.5. The van der Waals surface area contributed by atoms with Crippen molar-refractivity contribution in [2.75, 3.05) is 18.0 Å². The molecule has 4 nitrogen and oxygen atoms in total. The van der Waals surface area contributed by atoms with Crippen LogP contribution in [0.1, 0.15) is 26.5 Å². The molecule has 1 saturated heterocycles. The van der Waals surface area contributed by atoms with Crippen molar-refractivity contribution in [2.45, 2.75) is 39.1 Å². The lowest BCUT2D eigenvalue weighted by molar-refractivity contribution is -0.0751. The molecule has 1 N–H and O–H groups in total. The lowest BCUT2D eigenvalue weighted by atomic mass is 10.1. The number of rotatable bonds is 2. The van der Waals surface area contributed by atoms with Crippen LogP contribution in [0.5, 0.6) is 0 Å². The smallest absolute Gasteiger partial charge is 0.129 e. The molecule has 0 aromatic carbocycles. The van der Waals surface area contributed by atoms with E-state index in [9.17, 15) is 5.11 Å². The van der Waals surface area contributed by atoms with Crippen molar-refractivity contribution in [3.63, 3.8) is 0 Å². The normalized spacial score (nSPS) is 23.2. The summed E-state index contributed by atoms with van der Waals surface area (Å²) in [6, 6.07) is 3.66. The number of ether oxygens (including phenoxy) is 1. The fourth-order valence-corrected chi connectivity index (χ4v) is 2.55. The fourth-order valence-electron chi connectivity index (χ4n) is 2.39. The van der Waals surface area contributed by atoms with E-state index in [1.54, 1.807) is 6.07 Å². The second kappa shape index (κ2) is 5.03. The van der Waals surface area contributed by atoms with Crippen LogP contribution in [0, 0.1) is 0 Å². The first-order valence-electron chi connectivity index (χ1n) is 6.10. The summed E-state index contributed by atoms with van der Waals surface area (Å²) in [5, 5.41) is 9.71. The van der Waals surface area contributed by atoms with Crippen molar-refractivity contribution in [1.82, 2.24) is 4.98 Å². The molecule has 0 saturated carbocycles. The number of nitrogens with zero attached hydrogens (tertiary/aromatic N) is 2. The largest absolute Gasteiger partial charge is 0.390 e. The van der Waals surface area contributed by atoms with E-state index in [1.165, 1.54) is 0 Å². The van der Waals surface area contributed by atoms with Crippen LogP contribution < -0.4 is 4.90 Å². The van der Waals surface area contributed by atoms with E-state index in [2.05, 4.69) is 30.7 Å². The van der Waals surface area contributed by atoms with Gasteiger partial charge in [-0.15, -0.1) is 0 Å². The molecule has 2 heterocycles. The van der Waals surface area contributed by atoms with E-state index >= 15 is 0 Å². The third kappa shape index (κ3) is 2.94. The highest BCUT2D eigenvalue weighted by Crippen LogP contribution is 2.26. The van der Waals surface area contributed by atoms with E-state index in [0.29, 0.717) is 10.7 Å². The molecule has 2 rings (SSSR count). The second-order valence-corrected chi connectivity index (χ2v) is 5.73. The van der Waals surface area contributed by atoms with E-state index in [1.807, 2.05) is 6.07 Å². The highest BCUT2D eigenvalue weighted by Gasteiger charge is 2.32. The van der Waals surface area contributed by atoms with Crippen LogP contribution in [-0.4, -0.2) is 34.9 Å². The minimum Gasteiger partial charge on any atom is -0.390 e. The summed E-state index contributed by atoms with van der Waals surface area (Å²) < 4.78 is 5.86. The van der Waals surface area contributed by atoms with Crippen molar-refractivity contribution in [3.8, 4) is 0 Å². The van der Waals surface area contributed by atoms with Crippen LogP contribution in [-0.2, 0) is 11.3 Å². The quantitative estimate of drug-likeness (QED) is 0.895. The van der Waals surface area contributed by atoms with Gasteiger partial charge in [0.2, 0.25) is 0 Å². The maximum absolute atomic E-state index is 9.21. The van der Waals surface area contributed by atoms with Crippen molar-refractivity contribution in [3.05, 3.63) is 22.8 Å². The third-order valence-electron chi connectivity index (χ3n) is 2.95. The lowest BCUT2D eigenvalue weighted by Crippen LogP contribution is -2.52. The average Bonchev–Trinajstić information content (AvgIpc) is 2.27. The van der Waals surface area contributed by atoms with Gasteiger partial charge in [-0.05, 0) is 32.9 Å². The zero-order chi connectivity index (χ0) is 13.3. The summed E-state index contributed by atoms with van der Waals surface area (Å²) in [5.74, 6) is 0.840. The SMILES string of the molecule is CC1CN(c2ccc(Cl)c(CO)n2)CC(C)(C)O1. The summed E-state index contributed by atoms with van der Waals surface area (Å²) >= 11 is 5.95. The Morgan fingerprint density at radius 1 is 1.56 bits per heavy atom. The number of halogens is 1. The fraction of sp³-hybridized carbons (Fsp3) is 0.615. The zero-order valence-corrected chi connectivity index (χ0v) is 11.7. The molecular formula is C13H19ClN2O2. The zero-order valence-electron chi connectivity index (χ0n) is 11.0. The van der Waals surface area contributed by atoms with E-state index in [4.69, 9.17) is 16.3 Å². The Kier molecular flexibility index (Phi) is 3.80. The summed E-state index contributed by atoms with van der Waals surface area (Å²) in [5.41, 5.74) is 0.323. The summed E-state index contributed by atoms with van der Waals surface area (Å²) in [4.78, 5) is 6.57. The van der Waals surface area contributed by atoms with Gasteiger partial charge in [0, 0.05) is 13.1 Å². The molecule has 0 spiro atoms. The third-order valence-corrected chi connectivity index (χ3v) is 3.29. The molecule has 0 bridgehead atoms. The van der Waals surface area contributed by atoms with Crippen molar-refractivity contribution in [1.29, 1.82) is 0 Å². The van der Waals surface area contributed by atoms with Crippen LogP contribution in [0.15, 0.2) is 12.1 Å². The maximum Gasteiger partial charge on any atom is 0.129 e. The van der Waals surface area contributed by atoms with Gasteiger partial charge in [-0.25, -0.2) is 4.98 Å². The molecule has 1 aromatic heterocycles. The minimum atomic E-state index is -0.196. The van der Waals surface area contributed by atoms with Gasteiger partial charge in [-0.2, -0.15) is 0 Å². The first-order chi connectivity index (χ1) is 8.41. The summed E-state index contributed by atoms with van der Waals surface area (Å²) in [6.07, 6.45) is 0.156. The molecular weight excluding hydrogens is 252 g/mol. The van der Waals surface area contributed by atoms with Crippen LogP contribution in [0.2, 0.25) is 5.02 Å². The number of hydrogen-bond acceptors (Lipinski definition) is 4. The van der Waals surface area contributed by atoms with E-state index < -0.39 is 0 Å². The Hall–Kier alpha value is -0.840. The topological polar surface area (TPSA) is 45.6 Å². The van der Waals surface area contributed by atoms with Crippen molar-refractivity contribution < 1.29 is 9.84 Å². The number of pyridine rings is 1. The Balaban J connectivity index is 2.25. The molecule has 0 radical (unpaired) electrons. The molecule has 18 heavy (non-hydrogen) atoms. The van der Waals surface area contributed by atoms with Gasteiger partial charge in [0.25, 0.3) is 0 Å². The maximum atomic E-state index is 9.21. The van der Waals surface area contributed by atoms with Gasteiger partial charge in [0.15, 0.2) is 0 Å². The molecule has 1 unspecified atom stereocenters. The number of anilines is 1. The number of aliphatic hydroxyl groups excluding tert-OH is 1. The molecule has 5 heteroatoms. The van der Waals surface area contributed by atoms with Crippen LogP contribution >= 0.6 is 11.6 Å². The first kappa shape index (κ1) is 13.6. The second-order valence-electron chi connectivity index (χ2n) is 5.32. The highest BCUT2D eigenvalue weighted by molar-refractivity contribution is 6.31. The van der Waals surface area contributed by atoms with Crippen molar-refractivity contribution >= 4 is 17.4 Å². The number of aliphatic hydroxyl groups is 1. The summed E-state index contributed by atoms with van der Waals surface area (Å²) in [6.45, 7) is 7.61. The minimum absolute atomic E-state index is 0.143. The first-order valence-corrected chi connectivity index (χ1v) is 6.48. The van der Waals surface area contributed by atoms with Gasteiger partial charge < -0.3 is 14.7 Å². The average molecular weight is 271 g/mol. The van der Waals surface area contributed by atoms with Crippen molar-refractivity contribution in [2.24, 2.45) is 0 Å². The molecule has 1 atom stereocenters. The number of aromatic nitrogens is 1. The van der Waals surface area contributed by atoms with Crippen LogP contribution in [0.3, 0.4) is 0 Å². The van der Waals surface area contributed by atoms with Gasteiger partial charge in [0.1, 0.15) is 5.82 Å². The molecule has 0 amide bonds. The Morgan fingerprint density at radius 2 is 2.28 bits per heavy atom. The molecule has 1 aliphatic rings. The predicted molar refractivity (Wildman–Crippen MR) is 72.0 cm³/mol. The predicted octanol–water partition coefficient (Wildman–Crippen LogP) is 2.23. The molecule has 0 aliphatic carbocycles. The number of morpholine rings is 1. The lowest BCUT2D eigenvalue weighted by Gasteiger charge is -2.42. The molecule has 100 valence electrons. The molecule has 1 aliphatic heterocycles. The van der Waals surface area contributed by atoms with Gasteiger partial charge in [0.05, 0.1) is 29.0 Å². The van der Waals surface area contributed by atoms with Gasteiger partial charge >= 0.3 is 0 Å². The monoisotopic (exact) mass is 270 g/mol. The Morgan fingerprint density at radius 3 is 2.89 bits per heavy atom. The van der Waals surface area contributed by atoms with E-state index in [-0.39, 0.29) is 18.3 Å². The van der Waals surface area contributed by atoms with Crippen LogP contribution in [0.4, 0.5) is 5.82 Å². The van der Waals surface area contributed by atoms with Gasteiger partial charge in [-0.1, -0.05) is 11.6 Å². The van der Waals surface area contributed by atoms with Crippen LogP contribution in [0.25, 0.3) is 0 Å². The number of hydrogen-bond donors (Lipinski definition) is 1.